The molecule has 0 aromatic rings. The fourth-order valence-corrected chi connectivity index (χ4v) is 0. The molecule has 0 unspecified atom stereocenters. The molecule has 0 aliphatic carbocycles. The Morgan fingerprint density at radius 3 is 1.60 bits per heavy atom. The van der Waals surface area contributed by atoms with Crippen LogP contribution in [0.2, 0.25) is 0 Å². The first-order chi connectivity index (χ1) is 2.00. The van der Waals surface area contributed by atoms with Gasteiger partial charge in [0.05, 0.1) is 0 Å². The second-order valence-electron chi connectivity index (χ2n) is 0.682. The summed E-state index contributed by atoms with van der Waals surface area (Å²) in [5.41, 5.74) is 0. The van der Waals surface area contributed by atoms with Crippen molar-refractivity contribution in [2.45, 2.75) is 0 Å². The van der Waals surface area contributed by atoms with Crippen LogP contribution >= 0.6 is 0 Å². The Morgan fingerprint density at radius 1 is 1.60 bits per heavy atom. The monoisotopic (exact) mass is 90.0 g/mol. The summed E-state index contributed by atoms with van der Waals surface area (Å²) in [6, 6.07) is 0. The number of hydrogen-bond donors (Lipinski definition) is 0. The van der Waals surface area contributed by atoms with Crippen LogP contribution in [-0.4, -0.2) is 24.9 Å². The summed E-state index contributed by atoms with van der Waals surface area (Å²) in [7, 11) is -4.17. The molecule has 0 aliphatic rings. The standard InChI is InChI=1S/FO2S.Li/c1-4(2)3;. The van der Waals surface area contributed by atoms with Crippen LogP contribution in [0.25, 0.3) is 0 Å². The molecular formula is FLiO2S. The van der Waals surface area contributed by atoms with Crippen LogP contribution in [0.3, 0.4) is 0 Å². The number of rotatable bonds is 0. The van der Waals surface area contributed by atoms with Crippen LogP contribution < -0.4 is 0 Å². The Hall–Kier alpha value is 0.477. The van der Waals surface area contributed by atoms with E-state index in [1.807, 2.05) is 0 Å². The molecule has 0 radical (unpaired) electrons. The van der Waals surface area contributed by atoms with Crippen molar-refractivity contribution < 1.29 is 12.3 Å². The Labute approximate surface area is 37.7 Å². The molecule has 0 rings (SSSR count). The number of hydrogen-bond acceptors (Lipinski definition) is 2. The van der Waals surface area contributed by atoms with Gasteiger partial charge in [-0.1, -0.05) is 0 Å². The van der Waals surface area contributed by atoms with Crippen LogP contribution in [0.1, 0.15) is 0 Å². The van der Waals surface area contributed by atoms with Crippen molar-refractivity contribution in [3.8, 4) is 0 Å². The van der Waals surface area contributed by atoms with Crippen LogP contribution in [-0.2, 0) is 8.32 Å². The topological polar surface area (TPSA) is 34.1 Å². The molecule has 0 amide bonds. The third-order valence-electron chi connectivity index (χ3n) is 0. The van der Waals surface area contributed by atoms with Gasteiger partial charge in [0.2, 0.25) is 0 Å². The minimum atomic E-state index is -4.17. The molecule has 2 nitrogen and oxygen atoms in total. The van der Waals surface area contributed by atoms with Crippen LogP contribution in [0.5, 0.6) is 0 Å². The zero-order chi connectivity index (χ0) is 4.50. The second-order valence-corrected chi connectivity index (χ2v) is 2.04. The second kappa shape index (κ2) is 1.29. The molecule has 0 saturated heterocycles. The van der Waals surface area contributed by atoms with E-state index in [9.17, 15) is 3.89 Å². The van der Waals surface area contributed by atoms with Gasteiger partial charge in [0.15, 0.2) is 0 Å². The van der Waals surface area contributed by atoms with Crippen molar-refractivity contribution in [2.75, 3.05) is 0 Å². The van der Waals surface area contributed by atoms with Crippen molar-refractivity contribution in [1.82, 2.24) is 0 Å². The summed E-state index contributed by atoms with van der Waals surface area (Å²) in [6.45, 7) is 0. The van der Waals surface area contributed by atoms with Crippen LogP contribution in [0.4, 0.5) is 3.89 Å². The quantitative estimate of drug-likeness (QED) is 0.293. The first-order valence-electron chi connectivity index (χ1n) is 0.896. The van der Waals surface area contributed by atoms with E-state index in [1.165, 1.54) is 0 Å². The first kappa shape index (κ1) is 5.48. The van der Waals surface area contributed by atoms with E-state index >= 15 is 0 Å². The average molecular weight is 90.0 g/mol. The summed E-state index contributed by atoms with van der Waals surface area (Å²) in [5.74, 6) is 0. The van der Waals surface area contributed by atoms with E-state index < -0.39 is 8.32 Å². The molecule has 26 valence electrons. The van der Waals surface area contributed by atoms with Gasteiger partial charge in [-0.15, -0.1) is 0 Å². The summed E-state index contributed by atoms with van der Waals surface area (Å²) in [5, 5.41) is 0. The Morgan fingerprint density at radius 2 is 1.60 bits per heavy atom. The van der Waals surface area contributed by atoms with E-state index in [0.29, 0.717) is 16.5 Å². The Kier molecular flexibility index (Phi) is 1.41. The minimum absolute atomic E-state index is 0.493. The van der Waals surface area contributed by atoms with Crippen molar-refractivity contribution >= 4 is 24.8 Å². The fourth-order valence-electron chi connectivity index (χ4n) is 0. The summed E-state index contributed by atoms with van der Waals surface area (Å²) < 4.78 is 28.6. The van der Waals surface area contributed by atoms with Crippen molar-refractivity contribution in [2.24, 2.45) is 0 Å². The molecule has 0 atom stereocenters. The van der Waals surface area contributed by atoms with E-state index in [1.54, 1.807) is 0 Å². The van der Waals surface area contributed by atoms with Gasteiger partial charge in [0.25, 0.3) is 0 Å². The summed E-state index contributed by atoms with van der Waals surface area (Å²) >= 11 is 0.493. The molecule has 5 heavy (non-hydrogen) atoms. The van der Waals surface area contributed by atoms with Gasteiger partial charge in [-0.2, -0.15) is 0 Å². The molecule has 0 heterocycles. The van der Waals surface area contributed by atoms with Crippen LogP contribution in [0, 0.1) is 0 Å². The van der Waals surface area contributed by atoms with Gasteiger partial charge in [0, 0.05) is 0 Å². The van der Waals surface area contributed by atoms with E-state index in [4.69, 9.17) is 8.42 Å². The molecule has 0 aromatic carbocycles. The van der Waals surface area contributed by atoms with Crippen molar-refractivity contribution in [1.29, 1.82) is 0 Å². The van der Waals surface area contributed by atoms with Gasteiger partial charge in [0.1, 0.15) is 0 Å². The van der Waals surface area contributed by atoms with Crippen LogP contribution in [0.15, 0.2) is 0 Å². The van der Waals surface area contributed by atoms with Gasteiger partial charge in [-0.05, 0) is 0 Å². The molecular weight excluding hydrogens is 90.0 g/mol. The third kappa shape index (κ3) is 121. The van der Waals surface area contributed by atoms with E-state index in [2.05, 4.69) is 0 Å². The summed E-state index contributed by atoms with van der Waals surface area (Å²) in [6.07, 6.45) is 0. The van der Waals surface area contributed by atoms with Gasteiger partial charge >= 0.3 is 37.2 Å². The Bertz CT molecular complexity index is 92.8. The van der Waals surface area contributed by atoms with E-state index in [0.717, 1.165) is 0 Å². The predicted octanol–water partition coefficient (Wildman–Crippen LogP) is -0.631. The zero-order valence-electron chi connectivity index (χ0n) is 2.60. The molecule has 0 spiro atoms. The SMILES string of the molecule is [Li][S](=O)(=O)F. The van der Waals surface area contributed by atoms with Gasteiger partial charge < -0.3 is 0 Å². The zero-order valence-corrected chi connectivity index (χ0v) is 3.42. The van der Waals surface area contributed by atoms with Crippen molar-refractivity contribution in [3.63, 3.8) is 0 Å². The van der Waals surface area contributed by atoms with Gasteiger partial charge in [-0.3, -0.25) is 0 Å². The first-order valence-corrected chi connectivity index (χ1v) is 2.69. The maximum absolute atomic E-state index is 10.7. The summed E-state index contributed by atoms with van der Waals surface area (Å²) in [4.78, 5) is 0. The normalized spacial score (nSPS) is 11.8. The molecule has 0 N–H and O–H groups in total. The molecule has 5 heteroatoms. The number of halogens is 1. The Balaban J connectivity index is 4.06. The maximum atomic E-state index is 10.7. The molecule has 0 aliphatic heterocycles. The predicted molar refractivity (Wildman–Crippen MR) is 15.8 cm³/mol. The third-order valence-corrected chi connectivity index (χ3v) is 0. The van der Waals surface area contributed by atoms with Gasteiger partial charge in [-0.25, -0.2) is 0 Å². The molecule has 0 saturated carbocycles. The molecule has 0 bridgehead atoms. The molecule has 0 aromatic heterocycles. The fraction of sp³-hybridized carbons (Fsp3) is 0. The van der Waals surface area contributed by atoms with E-state index in [-0.39, 0.29) is 0 Å². The molecule has 0 fully saturated rings. The average Bonchev–Trinajstić information content (AvgIpc) is 0.722. The van der Waals surface area contributed by atoms with Crippen molar-refractivity contribution in [3.05, 3.63) is 0 Å².